The van der Waals surface area contributed by atoms with Crippen LogP contribution in [-0.4, -0.2) is 24.1 Å². The van der Waals surface area contributed by atoms with Crippen molar-refractivity contribution in [2.75, 3.05) is 0 Å². The lowest BCUT2D eigenvalue weighted by Gasteiger charge is -2.22. The maximum atomic E-state index is 8.26. The van der Waals surface area contributed by atoms with Crippen molar-refractivity contribution < 1.29 is 0 Å². The van der Waals surface area contributed by atoms with Gasteiger partial charge in [-0.3, -0.25) is 0 Å². The molecular formula is C66H52N6. The summed E-state index contributed by atoms with van der Waals surface area (Å²) in [7, 11) is 0. The van der Waals surface area contributed by atoms with Gasteiger partial charge in [0.05, 0.1) is 45.6 Å². The smallest absolute Gasteiger partial charge is 0.194 e. The second-order valence-electron chi connectivity index (χ2n) is 20.8. The topological polar surface area (TPSA) is 52.9 Å². The predicted molar refractivity (Wildman–Crippen MR) is 299 cm³/mol. The summed E-state index contributed by atoms with van der Waals surface area (Å²) in [6.07, 6.45) is 0. The lowest BCUT2D eigenvalue weighted by molar-refractivity contribution is 0.591. The van der Waals surface area contributed by atoms with Crippen LogP contribution in [0.5, 0.6) is 0 Å². The third-order valence-electron chi connectivity index (χ3n) is 14.1. The monoisotopic (exact) mass is 928 g/mol. The lowest BCUT2D eigenvalue weighted by atomic mass is 9.86. The summed E-state index contributed by atoms with van der Waals surface area (Å²) < 4.78 is 4.82. The Morgan fingerprint density at radius 1 is 0.361 bits per heavy atom. The second kappa shape index (κ2) is 17.2. The first kappa shape index (κ1) is 44.3. The Hall–Kier alpha value is -8.92. The van der Waals surface area contributed by atoms with E-state index in [-0.39, 0.29) is 10.8 Å². The van der Waals surface area contributed by atoms with E-state index >= 15 is 0 Å². The van der Waals surface area contributed by atoms with Crippen molar-refractivity contribution in [2.24, 2.45) is 0 Å². The van der Waals surface area contributed by atoms with E-state index in [1.807, 2.05) is 60.7 Å². The summed E-state index contributed by atoms with van der Waals surface area (Å²) in [5.74, 6) is 1.70. The molecule has 0 saturated carbocycles. The number of rotatable bonds is 7. The highest BCUT2D eigenvalue weighted by atomic mass is 15.1. The normalized spacial score (nSPS) is 12.0. The number of hydrogen-bond donors (Lipinski definition) is 0. The number of benzene rings is 9. The molecule has 6 heteroatoms. The minimum atomic E-state index is -0.0522. The molecule has 0 N–H and O–H groups in total. The summed E-state index contributed by atoms with van der Waals surface area (Å²) in [5, 5.41) is 4.72. The molecule has 72 heavy (non-hydrogen) atoms. The van der Waals surface area contributed by atoms with E-state index in [1.54, 1.807) is 0 Å². The fourth-order valence-corrected chi connectivity index (χ4v) is 10.4. The molecule has 0 saturated heterocycles. The highest BCUT2D eigenvalue weighted by molar-refractivity contribution is 6.12. The van der Waals surface area contributed by atoms with Crippen molar-refractivity contribution in [2.45, 2.75) is 52.4 Å². The van der Waals surface area contributed by atoms with Crippen molar-refractivity contribution >= 4 is 49.3 Å². The van der Waals surface area contributed by atoms with Crippen LogP contribution in [0.4, 0.5) is 5.69 Å². The van der Waals surface area contributed by atoms with E-state index in [4.69, 9.17) is 21.5 Å². The van der Waals surface area contributed by atoms with Crippen LogP contribution in [0.15, 0.2) is 206 Å². The lowest BCUT2D eigenvalue weighted by Crippen LogP contribution is -2.10. The maximum Gasteiger partial charge on any atom is 0.194 e. The molecule has 0 spiro atoms. The van der Waals surface area contributed by atoms with Crippen LogP contribution in [-0.2, 0) is 10.8 Å². The van der Waals surface area contributed by atoms with Gasteiger partial charge in [0.2, 0.25) is 0 Å². The standard InChI is InChI=1S/C66H52N6/c1-65(2,3)45-34-37-58-52(40-45)48-26-15-18-30-55(48)71(58)57-36-33-44(47-25-14-17-29-54(47)67-7)39-51(57)50-28-20-32-60(72-56-31-19-16-27-49(56)53-41-46(66(4,5)6)35-38-59(53)72)61(50)64-69-62(42-21-10-8-11-22-42)68-63(70-64)43-23-12-9-13-24-43/h8-41H,1-6H3. The maximum absolute atomic E-state index is 8.26. The third kappa shape index (κ3) is 7.53. The van der Waals surface area contributed by atoms with Gasteiger partial charge in [-0.15, -0.1) is 0 Å². The van der Waals surface area contributed by atoms with E-state index in [9.17, 15) is 0 Å². The Labute approximate surface area is 420 Å². The molecule has 0 fully saturated rings. The number of nitrogens with zero attached hydrogens (tertiary/aromatic N) is 6. The van der Waals surface area contributed by atoms with Crippen molar-refractivity contribution in [3.63, 3.8) is 0 Å². The summed E-state index contributed by atoms with van der Waals surface area (Å²) in [6.45, 7) is 21.9. The Bertz CT molecular complexity index is 4060. The average molecular weight is 929 g/mol. The average Bonchev–Trinajstić information content (AvgIpc) is 3.92. The molecule has 6 nitrogen and oxygen atoms in total. The van der Waals surface area contributed by atoms with Crippen molar-refractivity contribution in [1.82, 2.24) is 24.1 Å². The van der Waals surface area contributed by atoms with Crippen molar-refractivity contribution in [1.29, 1.82) is 0 Å². The first-order valence-corrected chi connectivity index (χ1v) is 24.6. The van der Waals surface area contributed by atoms with E-state index in [2.05, 4.69) is 201 Å². The molecule has 346 valence electrons. The summed E-state index contributed by atoms with van der Waals surface area (Å²) in [5.41, 5.74) is 15.7. The van der Waals surface area contributed by atoms with Crippen LogP contribution < -0.4 is 0 Å². The van der Waals surface area contributed by atoms with Crippen LogP contribution in [0.1, 0.15) is 52.7 Å². The summed E-state index contributed by atoms with van der Waals surface area (Å²) >= 11 is 0. The van der Waals surface area contributed by atoms with Gasteiger partial charge in [0.25, 0.3) is 0 Å². The van der Waals surface area contributed by atoms with Gasteiger partial charge in [0, 0.05) is 38.2 Å². The van der Waals surface area contributed by atoms with Crippen LogP contribution in [0.25, 0.3) is 116 Å². The fourth-order valence-electron chi connectivity index (χ4n) is 10.4. The molecule has 12 rings (SSSR count). The van der Waals surface area contributed by atoms with Gasteiger partial charge in [-0.25, -0.2) is 19.8 Å². The third-order valence-corrected chi connectivity index (χ3v) is 14.1. The van der Waals surface area contributed by atoms with Gasteiger partial charge < -0.3 is 9.13 Å². The van der Waals surface area contributed by atoms with Crippen LogP contribution in [0.2, 0.25) is 0 Å². The zero-order valence-electron chi connectivity index (χ0n) is 41.3. The van der Waals surface area contributed by atoms with Gasteiger partial charge in [-0.2, -0.15) is 0 Å². The summed E-state index contributed by atoms with van der Waals surface area (Å²) in [6, 6.07) is 72.8. The predicted octanol–water partition coefficient (Wildman–Crippen LogP) is 17.5. The molecule has 0 aliphatic heterocycles. The molecule has 12 aromatic rings. The molecule has 9 aromatic carbocycles. The van der Waals surface area contributed by atoms with Crippen molar-refractivity contribution in [3.05, 3.63) is 229 Å². The first-order valence-electron chi connectivity index (χ1n) is 24.6. The first-order chi connectivity index (χ1) is 34.9. The molecule has 0 aliphatic carbocycles. The van der Waals surface area contributed by atoms with Gasteiger partial charge in [0.1, 0.15) is 0 Å². The molecule has 0 amide bonds. The zero-order valence-corrected chi connectivity index (χ0v) is 41.3. The Morgan fingerprint density at radius 2 is 0.833 bits per heavy atom. The Balaban J connectivity index is 1.25. The van der Waals surface area contributed by atoms with E-state index < -0.39 is 0 Å². The van der Waals surface area contributed by atoms with E-state index in [0.29, 0.717) is 23.2 Å². The van der Waals surface area contributed by atoms with Gasteiger partial charge in [0.15, 0.2) is 23.2 Å². The molecule has 0 atom stereocenters. The zero-order chi connectivity index (χ0) is 49.3. The molecule has 0 radical (unpaired) electrons. The number of hydrogen-bond acceptors (Lipinski definition) is 3. The molecule has 0 bridgehead atoms. The number of para-hydroxylation sites is 3. The van der Waals surface area contributed by atoms with Gasteiger partial charge >= 0.3 is 0 Å². The highest BCUT2D eigenvalue weighted by Gasteiger charge is 2.27. The Morgan fingerprint density at radius 3 is 1.39 bits per heavy atom. The Kier molecular flexibility index (Phi) is 10.6. The minimum absolute atomic E-state index is 0.0430. The molecule has 0 aliphatic rings. The van der Waals surface area contributed by atoms with Crippen molar-refractivity contribution in [3.8, 4) is 67.8 Å². The molecule has 0 unspecified atom stereocenters. The largest absolute Gasteiger partial charge is 0.309 e. The van der Waals surface area contributed by atoms with E-state index in [1.165, 1.54) is 32.7 Å². The second-order valence-corrected chi connectivity index (χ2v) is 20.8. The van der Waals surface area contributed by atoms with Crippen LogP contribution in [0.3, 0.4) is 0 Å². The molecule has 3 heterocycles. The highest BCUT2D eigenvalue weighted by Crippen LogP contribution is 2.46. The van der Waals surface area contributed by atoms with Crippen LogP contribution >= 0.6 is 0 Å². The molecular weight excluding hydrogens is 877 g/mol. The summed E-state index contributed by atoms with van der Waals surface area (Å²) in [4.78, 5) is 20.2. The van der Waals surface area contributed by atoms with Crippen LogP contribution in [0, 0.1) is 6.57 Å². The van der Waals surface area contributed by atoms with Gasteiger partial charge in [-0.05, 0) is 93.2 Å². The minimum Gasteiger partial charge on any atom is -0.309 e. The molecule has 3 aromatic heterocycles. The SMILES string of the molecule is [C-]#[N+]c1ccccc1-c1ccc(-n2c3ccccc3c3cc(C(C)(C)C)ccc32)c(-c2cccc(-n3c4ccccc4c4cc(C(C)(C)C)ccc43)c2-c2nc(-c3ccccc3)nc(-c3ccccc3)n2)c1. The quantitative estimate of drug-likeness (QED) is 0.150. The number of aromatic nitrogens is 5. The fraction of sp³-hybridized carbons (Fsp3) is 0.121. The van der Waals surface area contributed by atoms with E-state index in [0.717, 1.165) is 72.4 Å². The van der Waals surface area contributed by atoms with Gasteiger partial charge in [-0.1, -0.05) is 193 Å². The number of fused-ring (bicyclic) bond motifs is 6.